The van der Waals surface area contributed by atoms with E-state index in [1.54, 1.807) is 0 Å². The number of carbonyl (C=O) groups is 3. The molecule has 0 rings (SSSR count). The molecule has 7 nitrogen and oxygen atoms in total. The predicted octanol–water partition coefficient (Wildman–Crippen LogP) is 1.12. The number of carbonyl (C=O) groups excluding carboxylic acids is 2. The van der Waals surface area contributed by atoms with Crippen LogP contribution in [-0.2, 0) is 19.1 Å². The highest BCUT2D eigenvalue weighted by atomic mass is 16.5. The summed E-state index contributed by atoms with van der Waals surface area (Å²) in [6, 6.07) is 0. The zero-order valence-corrected chi connectivity index (χ0v) is 15.5. The molecule has 0 saturated carbocycles. The molecular weight excluding hydrogens is 326 g/mol. The molecule has 0 spiro atoms. The predicted molar refractivity (Wildman–Crippen MR) is 91.5 cm³/mol. The molecule has 0 aromatic rings. The molecule has 144 valence electrons. The lowest BCUT2D eigenvalue weighted by molar-refractivity contribution is -0.873. The second kappa shape index (κ2) is 12.5. The smallest absolute Gasteiger partial charge is 0.306 e. The molecule has 1 atom stereocenters. The Balaban J connectivity index is 3.92. The summed E-state index contributed by atoms with van der Waals surface area (Å²) in [5.41, 5.74) is 0. The van der Waals surface area contributed by atoms with Crippen molar-refractivity contribution < 1.29 is 33.8 Å². The molecule has 0 saturated heterocycles. The quantitative estimate of drug-likeness (QED) is 0.216. The minimum Gasteiger partial charge on any atom is -0.550 e. The number of rotatable bonds is 14. The number of nitrogens with zero attached hydrogens (tertiary/aromatic N) is 1. The van der Waals surface area contributed by atoms with Crippen LogP contribution in [0, 0.1) is 0 Å². The Morgan fingerprint density at radius 2 is 1.68 bits per heavy atom. The normalized spacial score (nSPS) is 12.9. The van der Waals surface area contributed by atoms with E-state index in [0.717, 1.165) is 19.3 Å². The van der Waals surface area contributed by atoms with Crippen LogP contribution in [0.15, 0.2) is 12.2 Å². The van der Waals surface area contributed by atoms with Crippen molar-refractivity contribution in [1.29, 1.82) is 0 Å². The molecule has 0 fully saturated rings. The van der Waals surface area contributed by atoms with E-state index in [4.69, 9.17) is 9.84 Å². The van der Waals surface area contributed by atoms with Crippen molar-refractivity contribution in [1.82, 2.24) is 0 Å². The Morgan fingerprint density at radius 3 is 2.24 bits per heavy atom. The number of hydrogen-bond donors (Lipinski definition) is 1. The van der Waals surface area contributed by atoms with E-state index < -0.39 is 18.0 Å². The van der Waals surface area contributed by atoms with Crippen LogP contribution in [0.3, 0.4) is 0 Å². The standard InChI is InChI=1S/C18H31NO6/c1-19(2,3)14-15(13-17(22)23)25-18(24)12-10-8-6-4-5-7-9-11-16(20)21/h5,7,15H,4,6,8-14H2,1-3H3,(H-,20,21,22,23)/b7-5+. The number of quaternary nitrogens is 1. The molecule has 0 radical (unpaired) electrons. The van der Waals surface area contributed by atoms with Crippen molar-refractivity contribution in [2.24, 2.45) is 0 Å². The zero-order chi connectivity index (χ0) is 19.3. The van der Waals surface area contributed by atoms with Crippen molar-refractivity contribution in [3.05, 3.63) is 12.2 Å². The van der Waals surface area contributed by atoms with Gasteiger partial charge in [-0.25, -0.2) is 0 Å². The van der Waals surface area contributed by atoms with Crippen LogP contribution in [0.2, 0.25) is 0 Å². The molecule has 25 heavy (non-hydrogen) atoms. The number of esters is 1. The lowest BCUT2D eigenvalue weighted by atomic mass is 10.1. The second-order valence-corrected chi connectivity index (χ2v) is 7.16. The van der Waals surface area contributed by atoms with Crippen LogP contribution < -0.4 is 5.11 Å². The third-order valence-electron chi connectivity index (χ3n) is 3.39. The van der Waals surface area contributed by atoms with E-state index in [1.165, 1.54) is 0 Å². The Bertz CT molecular complexity index is 453. The average molecular weight is 357 g/mol. The topological polar surface area (TPSA) is 104 Å². The Kier molecular flexibility index (Phi) is 11.5. The van der Waals surface area contributed by atoms with Gasteiger partial charge in [0.1, 0.15) is 6.54 Å². The third kappa shape index (κ3) is 16.7. The van der Waals surface area contributed by atoms with Crippen LogP contribution in [0.25, 0.3) is 0 Å². The van der Waals surface area contributed by atoms with Crippen LogP contribution in [0.1, 0.15) is 51.4 Å². The minimum absolute atomic E-state index is 0.142. The molecule has 0 heterocycles. The molecule has 0 aliphatic carbocycles. The molecule has 1 unspecified atom stereocenters. The number of carboxylic acid groups (broad SMARTS) is 2. The first-order chi connectivity index (χ1) is 11.6. The summed E-state index contributed by atoms with van der Waals surface area (Å²) >= 11 is 0. The van der Waals surface area contributed by atoms with Crippen molar-refractivity contribution in [2.75, 3.05) is 27.7 Å². The largest absolute Gasteiger partial charge is 0.550 e. The van der Waals surface area contributed by atoms with Crippen molar-refractivity contribution in [3.8, 4) is 0 Å². The summed E-state index contributed by atoms with van der Waals surface area (Å²) in [4.78, 5) is 33.0. The number of carboxylic acids is 2. The van der Waals surface area contributed by atoms with Gasteiger partial charge in [-0.15, -0.1) is 0 Å². The maximum absolute atomic E-state index is 11.8. The number of likely N-dealkylation sites (N-methyl/N-ethyl adjacent to an activating group) is 1. The summed E-state index contributed by atoms with van der Waals surface area (Å²) in [5, 5.41) is 19.3. The molecule has 0 aliphatic heterocycles. The van der Waals surface area contributed by atoms with E-state index in [0.29, 0.717) is 23.9 Å². The van der Waals surface area contributed by atoms with E-state index in [9.17, 15) is 19.5 Å². The first-order valence-corrected chi connectivity index (χ1v) is 8.66. The summed E-state index contributed by atoms with van der Waals surface area (Å²) < 4.78 is 5.77. The summed E-state index contributed by atoms with van der Waals surface area (Å²) in [6.07, 6.45) is 7.11. The number of aliphatic carboxylic acids is 2. The molecule has 7 heteroatoms. The maximum atomic E-state index is 11.8. The van der Waals surface area contributed by atoms with Gasteiger partial charge in [-0.05, 0) is 25.7 Å². The molecule has 0 amide bonds. The van der Waals surface area contributed by atoms with Gasteiger partial charge in [0.25, 0.3) is 0 Å². The Labute approximate surface area is 149 Å². The average Bonchev–Trinajstić information content (AvgIpc) is 2.42. The highest BCUT2D eigenvalue weighted by Crippen LogP contribution is 2.09. The third-order valence-corrected chi connectivity index (χ3v) is 3.39. The fourth-order valence-corrected chi connectivity index (χ4v) is 2.34. The van der Waals surface area contributed by atoms with E-state index in [1.807, 2.05) is 33.3 Å². The molecule has 0 aliphatic rings. The highest BCUT2D eigenvalue weighted by Gasteiger charge is 2.22. The number of unbranched alkanes of at least 4 members (excludes halogenated alkanes) is 3. The molecule has 1 N–H and O–H groups in total. The lowest BCUT2D eigenvalue weighted by Gasteiger charge is -2.29. The number of allylic oxidation sites excluding steroid dienone is 2. The number of hydrogen-bond acceptors (Lipinski definition) is 5. The minimum atomic E-state index is -1.22. The van der Waals surface area contributed by atoms with Gasteiger partial charge in [0.15, 0.2) is 6.10 Å². The summed E-state index contributed by atoms with van der Waals surface area (Å²) in [7, 11) is 5.71. The fraction of sp³-hybridized carbons (Fsp3) is 0.722. The van der Waals surface area contributed by atoms with Gasteiger partial charge in [-0.2, -0.15) is 0 Å². The summed E-state index contributed by atoms with van der Waals surface area (Å²) in [5.74, 6) is -2.40. The fourth-order valence-electron chi connectivity index (χ4n) is 2.34. The van der Waals surface area contributed by atoms with Crippen LogP contribution in [0.5, 0.6) is 0 Å². The van der Waals surface area contributed by atoms with Gasteiger partial charge in [0, 0.05) is 25.2 Å². The Morgan fingerprint density at radius 1 is 1.04 bits per heavy atom. The lowest BCUT2D eigenvalue weighted by Crippen LogP contribution is -2.45. The van der Waals surface area contributed by atoms with Crippen molar-refractivity contribution in [2.45, 2.75) is 57.5 Å². The second-order valence-electron chi connectivity index (χ2n) is 7.16. The molecule has 0 aromatic carbocycles. The van der Waals surface area contributed by atoms with Gasteiger partial charge in [0.05, 0.1) is 21.1 Å². The highest BCUT2D eigenvalue weighted by molar-refractivity contribution is 5.70. The van der Waals surface area contributed by atoms with E-state index in [-0.39, 0.29) is 25.2 Å². The van der Waals surface area contributed by atoms with Crippen LogP contribution in [0.4, 0.5) is 0 Å². The SMILES string of the molecule is C[N+](C)(C)CC(CC(=O)[O-])OC(=O)CCCCC/C=C/CCC(=O)O. The first-order valence-electron chi connectivity index (χ1n) is 8.66. The van der Waals surface area contributed by atoms with Crippen LogP contribution >= 0.6 is 0 Å². The molecular formula is C18H31NO6. The maximum Gasteiger partial charge on any atom is 0.306 e. The molecule has 0 bridgehead atoms. The van der Waals surface area contributed by atoms with Crippen molar-refractivity contribution >= 4 is 17.9 Å². The van der Waals surface area contributed by atoms with Crippen molar-refractivity contribution in [3.63, 3.8) is 0 Å². The van der Waals surface area contributed by atoms with Crippen LogP contribution in [-0.4, -0.2) is 61.3 Å². The number of ether oxygens (including phenoxy) is 1. The zero-order valence-electron chi connectivity index (χ0n) is 15.5. The van der Waals surface area contributed by atoms with Gasteiger partial charge < -0.3 is 24.2 Å². The first kappa shape index (κ1) is 23.1. The van der Waals surface area contributed by atoms with E-state index in [2.05, 4.69) is 0 Å². The summed E-state index contributed by atoms with van der Waals surface area (Å²) in [6.45, 7) is 0.418. The van der Waals surface area contributed by atoms with Gasteiger partial charge in [-0.3, -0.25) is 9.59 Å². The Hall–Kier alpha value is -1.89. The molecule has 0 aromatic heterocycles. The van der Waals surface area contributed by atoms with Gasteiger partial charge in [0.2, 0.25) is 0 Å². The van der Waals surface area contributed by atoms with Gasteiger partial charge >= 0.3 is 11.9 Å². The van der Waals surface area contributed by atoms with Gasteiger partial charge in [-0.1, -0.05) is 18.6 Å². The van der Waals surface area contributed by atoms with E-state index >= 15 is 0 Å². The monoisotopic (exact) mass is 357 g/mol.